The molecule has 166 valence electrons. The van der Waals surface area contributed by atoms with Crippen molar-refractivity contribution in [1.82, 2.24) is 24.6 Å². The number of likely N-dealkylation sites (tertiary alicyclic amines) is 1. The van der Waals surface area contributed by atoms with Crippen molar-refractivity contribution in [3.05, 3.63) is 67.1 Å². The van der Waals surface area contributed by atoms with Gasteiger partial charge in [0, 0.05) is 31.9 Å². The quantitative estimate of drug-likeness (QED) is 0.441. The molecule has 1 fully saturated rings. The Morgan fingerprint density at radius 3 is 2.39 bits per heavy atom. The van der Waals surface area contributed by atoms with E-state index < -0.39 is 0 Å². The summed E-state index contributed by atoms with van der Waals surface area (Å²) in [4.78, 5) is 21.2. The van der Waals surface area contributed by atoms with Gasteiger partial charge in [0.1, 0.15) is 23.5 Å². The fraction of sp³-hybridized carbons (Fsp3) is 0.231. The maximum Gasteiger partial charge on any atom is 0.298 e. The predicted octanol–water partition coefficient (Wildman–Crippen LogP) is 4.45. The van der Waals surface area contributed by atoms with Crippen molar-refractivity contribution in [3.8, 4) is 34.6 Å². The maximum atomic E-state index is 11.0. The Morgan fingerprint density at radius 1 is 1.00 bits per heavy atom. The van der Waals surface area contributed by atoms with Gasteiger partial charge in [-0.15, -0.1) is 0 Å². The van der Waals surface area contributed by atoms with Crippen LogP contribution in [0.4, 0.5) is 0 Å². The normalized spacial score (nSPS) is 12.5. The smallest absolute Gasteiger partial charge is 0.298 e. The van der Waals surface area contributed by atoms with Crippen molar-refractivity contribution in [2.45, 2.75) is 19.8 Å². The number of ether oxygens (including phenoxy) is 1. The van der Waals surface area contributed by atoms with Crippen LogP contribution in [-0.4, -0.2) is 43.6 Å². The van der Waals surface area contributed by atoms with Gasteiger partial charge < -0.3 is 9.64 Å². The second kappa shape index (κ2) is 10.4. The standard InChI is InChI=1S/C18H14N4O.C8H11NO/c1-22-18-16(11-19-12-20-18)17(21-22)13-7-9-15(10-8-13)23-14-5-3-2-4-6-14;1-2-5-8(10)9-6-3-4-7-9/h2-12H,1H3;3-4,6-7H2,1H3. The van der Waals surface area contributed by atoms with Gasteiger partial charge in [0.2, 0.25) is 0 Å². The molecule has 1 saturated heterocycles. The summed E-state index contributed by atoms with van der Waals surface area (Å²) in [5.74, 6) is 6.72. The number of benzene rings is 2. The lowest BCUT2D eigenvalue weighted by atomic mass is 10.1. The van der Waals surface area contributed by atoms with Gasteiger partial charge in [0.15, 0.2) is 5.65 Å². The van der Waals surface area contributed by atoms with Gasteiger partial charge in [0.05, 0.1) is 5.39 Å². The lowest BCUT2D eigenvalue weighted by Crippen LogP contribution is -2.25. The number of fused-ring (bicyclic) bond motifs is 1. The second-order valence-electron chi connectivity index (χ2n) is 7.55. The van der Waals surface area contributed by atoms with Gasteiger partial charge in [-0.05, 0) is 62.1 Å². The monoisotopic (exact) mass is 439 g/mol. The van der Waals surface area contributed by atoms with E-state index >= 15 is 0 Å². The first-order chi connectivity index (χ1) is 16.2. The van der Waals surface area contributed by atoms with E-state index in [0.717, 1.165) is 59.7 Å². The van der Waals surface area contributed by atoms with E-state index in [4.69, 9.17) is 4.74 Å². The average molecular weight is 440 g/mol. The zero-order valence-corrected chi connectivity index (χ0v) is 18.7. The van der Waals surface area contributed by atoms with Crippen LogP contribution in [0, 0.1) is 11.8 Å². The number of hydrogen-bond acceptors (Lipinski definition) is 5. The second-order valence-corrected chi connectivity index (χ2v) is 7.55. The molecule has 33 heavy (non-hydrogen) atoms. The molecule has 0 bridgehead atoms. The fourth-order valence-electron chi connectivity index (χ4n) is 3.62. The molecule has 0 aliphatic carbocycles. The van der Waals surface area contributed by atoms with Crippen LogP contribution in [0.3, 0.4) is 0 Å². The molecule has 0 unspecified atom stereocenters. The Morgan fingerprint density at radius 2 is 1.70 bits per heavy atom. The highest BCUT2D eigenvalue weighted by Gasteiger charge is 2.15. The predicted molar refractivity (Wildman–Crippen MR) is 128 cm³/mol. The van der Waals surface area contributed by atoms with E-state index in [1.807, 2.05) is 61.6 Å². The van der Waals surface area contributed by atoms with E-state index in [0.29, 0.717) is 0 Å². The van der Waals surface area contributed by atoms with Crippen LogP contribution in [0.5, 0.6) is 11.5 Å². The Bertz CT molecular complexity index is 1280. The summed E-state index contributed by atoms with van der Waals surface area (Å²) >= 11 is 0. The summed E-state index contributed by atoms with van der Waals surface area (Å²) in [6.07, 6.45) is 5.60. The molecule has 1 aliphatic rings. The van der Waals surface area contributed by atoms with Gasteiger partial charge in [-0.1, -0.05) is 24.1 Å². The molecular weight excluding hydrogens is 414 g/mol. The molecule has 3 heterocycles. The first-order valence-corrected chi connectivity index (χ1v) is 10.8. The minimum Gasteiger partial charge on any atom is -0.457 e. The largest absolute Gasteiger partial charge is 0.457 e. The Balaban J connectivity index is 0.000000219. The first kappa shape index (κ1) is 22.0. The molecule has 0 atom stereocenters. The van der Waals surface area contributed by atoms with Crippen molar-refractivity contribution in [2.75, 3.05) is 13.1 Å². The van der Waals surface area contributed by atoms with Gasteiger partial charge in [-0.3, -0.25) is 4.79 Å². The van der Waals surface area contributed by atoms with Crippen molar-refractivity contribution in [2.24, 2.45) is 7.05 Å². The lowest BCUT2D eigenvalue weighted by Gasteiger charge is -2.09. The van der Waals surface area contributed by atoms with Crippen molar-refractivity contribution < 1.29 is 9.53 Å². The first-order valence-electron chi connectivity index (χ1n) is 10.8. The summed E-state index contributed by atoms with van der Waals surface area (Å²) in [6, 6.07) is 17.6. The number of rotatable bonds is 3. The molecule has 1 amide bonds. The van der Waals surface area contributed by atoms with Gasteiger partial charge in [-0.2, -0.15) is 5.10 Å². The highest BCUT2D eigenvalue weighted by Crippen LogP contribution is 2.28. The molecule has 7 nitrogen and oxygen atoms in total. The summed E-state index contributed by atoms with van der Waals surface area (Å²) in [6.45, 7) is 3.48. The number of para-hydroxylation sites is 1. The van der Waals surface area contributed by atoms with E-state index in [1.165, 1.54) is 6.33 Å². The van der Waals surface area contributed by atoms with Crippen LogP contribution in [0.1, 0.15) is 19.8 Å². The third kappa shape index (κ3) is 5.36. The van der Waals surface area contributed by atoms with Crippen LogP contribution in [0.15, 0.2) is 67.1 Å². The molecular formula is C26H25N5O2. The van der Waals surface area contributed by atoms with E-state index in [-0.39, 0.29) is 5.91 Å². The molecule has 2 aromatic heterocycles. The number of carbonyl (C=O) groups is 1. The third-order valence-corrected chi connectivity index (χ3v) is 5.23. The fourth-order valence-corrected chi connectivity index (χ4v) is 3.62. The SMILES string of the molecule is CC#CC(=O)N1CCCC1.Cn1nc(-c2ccc(Oc3ccccc3)cc2)c2cncnc21. The van der Waals surface area contributed by atoms with Crippen LogP contribution in [0.25, 0.3) is 22.3 Å². The molecule has 1 aliphatic heterocycles. The van der Waals surface area contributed by atoms with Crippen molar-refractivity contribution >= 4 is 16.9 Å². The number of aryl methyl sites for hydroxylation is 1. The van der Waals surface area contributed by atoms with Gasteiger partial charge >= 0.3 is 0 Å². The number of hydrogen-bond donors (Lipinski definition) is 0. The number of amides is 1. The topological polar surface area (TPSA) is 73.1 Å². The summed E-state index contributed by atoms with van der Waals surface area (Å²) < 4.78 is 7.58. The summed E-state index contributed by atoms with van der Waals surface area (Å²) in [5, 5.41) is 5.48. The molecule has 7 heteroatoms. The maximum absolute atomic E-state index is 11.0. The Hall–Kier alpha value is -4.18. The summed E-state index contributed by atoms with van der Waals surface area (Å²) in [5.41, 5.74) is 2.69. The molecule has 4 aromatic rings. The van der Waals surface area contributed by atoms with E-state index in [1.54, 1.807) is 22.7 Å². The number of carbonyl (C=O) groups excluding carboxylic acids is 1. The molecule has 0 spiro atoms. The third-order valence-electron chi connectivity index (χ3n) is 5.23. The van der Waals surface area contributed by atoms with E-state index in [9.17, 15) is 4.79 Å². The van der Waals surface area contributed by atoms with E-state index in [2.05, 4.69) is 26.9 Å². The Labute approximate surface area is 193 Å². The minimum atomic E-state index is -0.0139. The highest BCUT2D eigenvalue weighted by atomic mass is 16.5. The number of nitrogens with zero attached hydrogens (tertiary/aromatic N) is 5. The van der Waals surface area contributed by atoms with Gasteiger partial charge in [-0.25, -0.2) is 14.6 Å². The van der Waals surface area contributed by atoms with Gasteiger partial charge in [0.25, 0.3) is 5.91 Å². The Kier molecular flexibility index (Phi) is 6.96. The molecule has 0 radical (unpaired) electrons. The van der Waals surface area contributed by atoms with Crippen LogP contribution in [0.2, 0.25) is 0 Å². The van der Waals surface area contributed by atoms with Crippen molar-refractivity contribution in [3.63, 3.8) is 0 Å². The van der Waals surface area contributed by atoms with Crippen LogP contribution in [-0.2, 0) is 11.8 Å². The number of aromatic nitrogens is 4. The van der Waals surface area contributed by atoms with Crippen LogP contribution >= 0.6 is 0 Å². The summed E-state index contributed by atoms with van der Waals surface area (Å²) in [7, 11) is 1.88. The van der Waals surface area contributed by atoms with Crippen LogP contribution < -0.4 is 4.74 Å². The molecule has 0 saturated carbocycles. The minimum absolute atomic E-state index is 0.0139. The highest BCUT2D eigenvalue weighted by molar-refractivity contribution is 5.93. The molecule has 0 N–H and O–H groups in total. The lowest BCUT2D eigenvalue weighted by molar-refractivity contribution is -0.124. The zero-order valence-electron chi connectivity index (χ0n) is 18.7. The molecule has 2 aromatic carbocycles. The molecule has 5 rings (SSSR count). The zero-order chi connectivity index (χ0) is 23.0. The van der Waals surface area contributed by atoms with Crippen molar-refractivity contribution in [1.29, 1.82) is 0 Å². The average Bonchev–Trinajstić information content (AvgIpc) is 3.50.